The summed E-state index contributed by atoms with van der Waals surface area (Å²) < 4.78 is 2.87. The third-order valence-corrected chi connectivity index (χ3v) is 4.76. The van der Waals surface area contributed by atoms with E-state index in [1.165, 1.54) is 10.6 Å². The van der Waals surface area contributed by atoms with Gasteiger partial charge in [0.25, 0.3) is 5.56 Å². The molecule has 0 aliphatic heterocycles. The molecule has 1 amide bonds. The van der Waals surface area contributed by atoms with Gasteiger partial charge in [-0.05, 0) is 55.8 Å². The highest BCUT2D eigenvalue weighted by molar-refractivity contribution is 6.30. The molecular weight excluding hydrogens is 390 g/mol. The lowest BCUT2D eigenvalue weighted by molar-refractivity contribution is -0.116. The number of rotatable bonds is 4. The van der Waals surface area contributed by atoms with Gasteiger partial charge in [0.1, 0.15) is 6.54 Å². The van der Waals surface area contributed by atoms with E-state index in [0.717, 1.165) is 11.1 Å². The van der Waals surface area contributed by atoms with Gasteiger partial charge >= 0.3 is 0 Å². The van der Waals surface area contributed by atoms with Crippen molar-refractivity contribution in [3.63, 3.8) is 0 Å². The summed E-state index contributed by atoms with van der Waals surface area (Å²) >= 11 is 5.94. The van der Waals surface area contributed by atoms with Crippen LogP contribution in [-0.2, 0) is 11.3 Å². The number of nitrogens with zero attached hydrogens (tertiary/aromatic N) is 4. The predicted molar refractivity (Wildman–Crippen MR) is 112 cm³/mol. The van der Waals surface area contributed by atoms with Crippen LogP contribution in [-0.4, -0.2) is 25.1 Å². The van der Waals surface area contributed by atoms with Crippen LogP contribution in [0.25, 0.3) is 17.2 Å². The highest BCUT2D eigenvalue weighted by Gasteiger charge is 2.15. The van der Waals surface area contributed by atoms with Gasteiger partial charge in [0.15, 0.2) is 5.82 Å². The van der Waals surface area contributed by atoms with Gasteiger partial charge in [0.2, 0.25) is 11.7 Å². The van der Waals surface area contributed by atoms with E-state index in [1.807, 2.05) is 31.2 Å². The smallest absolute Gasteiger partial charge is 0.275 e. The summed E-state index contributed by atoms with van der Waals surface area (Å²) in [5, 5.41) is 7.78. The van der Waals surface area contributed by atoms with Gasteiger partial charge in [0, 0.05) is 28.0 Å². The van der Waals surface area contributed by atoms with Gasteiger partial charge in [-0.25, -0.2) is 0 Å². The van der Waals surface area contributed by atoms with Gasteiger partial charge in [-0.3, -0.25) is 9.59 Å². The van der Waals surface area contributed by atoms with Crippen LogP contribution in [0, 0.1) is 13.8 Å². The molecular formula is C21H18ClN5O2. The number of aromatic nitrogens is 4. The van der Waals surface area contributed by atoms with E-state index in [9.17, 15) is 9.59 Å². The molecule has 2 aromatic carbocycles. The third kappa shape index (κ3) is 3.90. The fourth-order valence-electron chi connectivity index (χ4n) is 3.09. The Hall–Kier alpha value is -3.45. The lowest BCUT2D eigenvalue weighted by atomic mass is 10.2. The van der Waals surface area contributed by atoms with Crippen LogP contribution in [0.4, 0.5) is 5.69 Å². The molecule has 0 atom stereocenters. The Morgan fingerprint density at radius 2 is 1.86 bits per heavy atom. The Balaban J connectivity index is 1.71. The molecule has 2 heterocycles. The van der Waals surface area contributed by atoms with Gasteiger partial charge in [-0.2, -0.15) is 9.50 Å². The molecule has 4 rings (SSSR count). The summed E-state index contributed by atoms with van der Waals surface area (Å²) in [7, 11) is 0. The number of carbonyl (C=O) groups is 1. The SMILES string of the molecule is Cc1cccc(NC(=O)Cn2c(C)cc(=O)n3nc(-c4ccc(Cl)cc4)nc23)c1. The van der Waals surface area contributed by atoms with Gasteiger partial charge in [-0.1, -0.05) is 23.7 Å². The highest BCUT2D eigenvalue weighted by Crippen LogP contribution is 2.19. The van der Waals surface area contributed by atoms with Crippen LogP contribution >= 0.6 is 11.6 Å². The first kappa shape index (κ1) is 18.9. The Bertz CT molecular complexity index is 1270. The number of aryl methyl sites for hydroxylation is 2. The Morgan fingerprint density at radius 3 is 2.59 bits per heavy atom. The van der Waals surface area contributed by atoms with Crippen LogP contribution in [0.5, 0.6) is 0 Å². The Labute approximate surface area is 171 Å². The van der Waals surface area contributed by atoms with Crippen molar-refractivity contribution in [1.29, 1.82) is 0 Å². The van der Waals surface area contributed by atoms with Crippen LogP contribution < -0.4 is 10.9 Å². The molecule has 0 aliphatic rings. The monoisotopic (exact) mass is 407 g/mol. The molecule has 4 aromatic rings. The minimum atomic E-state index is -0.305. The average molecular weight is 408 g/mol. The summed E-state index contributed by atoms with van der Waals surface area (Å²) in [6, 6.07) is 16.0. The van der Waals surface area contributed by atoms with E-state index < -0.39 is 0 Å². The maximum atomic E-state index is 12.6. The fraction of sp³-hybridized carbons (Fsp3) is 0.143. The first-order chi connectivity index (χ1) is 13.9. The number of hydrogen-bond acceptors (Lipinski definition) is 4. The molecule has 7 nitrogen and oxygen atoms in total. The molecule has 0 fully saturated rings. The van der Waals surface area contributed by atoms with Crippen molar-refractivity contribution in [3.8, 4) is 11.4 Å². The summed E-state index contributed by atoms with van der Waals surface area (Å²) in [4.78, 5) is 29.5. The number of halogens is 1. The zero-order valence-electron chi connectivity index (χ0n) is 15.9. The van der Waals surface area contributed by atoms with Gasteiger partial charge in [-0.15, -0.1) is 5.10 Å². The number of carbonyl (C=O) groups excluding carboxylic acids is 1. The fourth-order valence-corrected chi connectivity index (χ4v) is 3.21. The van der Waals surface area contributed by atoms with Gasteiger partial charge < -0.3 is 9.88 Å². The molecule has 0 saturated heterocycles. The van der Waals surface area contributed by atoms with Crippen molar-refractivity contribution in [2.75, 3.05) is 5.32 Å². The van der Waals surface area contributed by atoms with Crippen molar-refractivity contribution in [2.45, 2.75) is 20.4 Å². The van der Waals surface area contributed by atoms with E-state index >= 15 is 0 Å². The molecule has 29 heavy (non-hydrogen) atoms. The summed E-state index contributed by atoms with van der Waals surface area (Å²) in [5.74, 6) is 0.469. The van der Waals surface area contributed by atoms with Crippen LogP contribution in [0.3, 0.4) is 0 Å². The predicted octanol–water partition coefficient (Wildman–Crippen LogP) is 3.47. The Kier molecular flexibility index (Phi) is 4.90. The largest absolute Gasteiger partial charge is 0.325 e. The second-order valence-corrected chi connectivity index (χ2v) is 7.22. The quantitative estimate of drug-likeness (QED) is 0.561. The van der Waals surface area contributed by atoms with E-state index in [4.69, 9.17) is 11.6 Å². The van der Waals surface area contributed by atoms with Crippen LogP contribution in [0.1, 0.15) is 11.3 Å². The molecule has 8 heteroatoms. The molecule has 0 unspecified atom stereocenters. The molecule has 0 aliphatic carbocycles. The molecule has 2 aromatic heterocycles. The van der Waals surface area contributed by atoms with E-state index in [1.54, 1.807) is 35.8 Å². The zero-order valence-corrected chi connectivity index (χ0v) is 16.6. The summed E-state index contributed by atoms with van der Waals surface area (Å²) in [5.41, 5.74) is 2.81. The maximum Gasteiger partial charge on any atom is 0.275 e. The topological polar surface area (TPSA) is 81.3 Å². The summed E-state index contributed by atoms with van der Waals surface area (Å²) in [6.07, 6.45) is 0. The first-order valence-corrected chi connectivity index (χ1v) is 9.38. The minimum Gasteiger partial charge on any atom is -0.325 e. The number of benzene rings is 2. The highest BCUT2D eigenvalue weighted by atomic mass is 35.5. The van der Waals surface area contributed by atoms with E-state index in [-0.39, 0.29) is 18.0 Å². The lowest BCUT2D eigenvalue weighted by Crippen LogP contribution is -2.25. The standard InChI is InChI=1S/C21H18ClN5O2/c1-13-4-3-5-17(10-13)23-18(28)12-26-14(2)11-19(29)27-21(26)24-20(25-27)15-6-8-16(22)9-7-15/h3-11H,12H2,1-2H3,(H,23,28). The normalized spacial score (nSPS) is 11.0. The molecule has 146 valence electrons. The lowest BCUT2D eigenvalue weighted by Gasteiger charge is -2.12. The van der Waals surface area contributed by atoms with Crippen molar-refractivity contribution >= 4 is 29.0 Å². The molecule has 0 saturated carbocycles. The summed E-state index contributed by atoms with van der Waals surface area (Å²) in [6.45, 7) is 3.72. The van der Waals surface area contributed by atoms with Gasteiger partial charge in [0.05, 0.1) is 0 Å². The molecule has 0 bridgehead atoms. The molecule has 1 N–H and O–H groups in total. The van der Waals surface area contributed by atoms with Crippen molar-refractivity contribution in [1.82, 2.24) is 19.2 Å². The minimum absolute atomic E-state index is 0.00229. The van der Waals surface area contributed by atoms with Crippen LogP contribution in [0.2, 0.25) is 5.02 Å². The maximum absolute atomic E-state index is 12.6. The number of fused-ring (bicyclic) bond motifs is 1. The zero-order chi connectivity index (χ0) is 20.5. The number of nitrogens with one attached hydrogen (secondary N) is 1. The van der Waals surface area contributed by atoms with E-state index in [0.29, 0.717) is 28.0 Å². The second kappa shape index (κ2) is 7.52. The number of hydrogen-bond donors (Lipinski definition) is 1. The third-order valence-electron chi connectivity index (χ3n) is 4.50. The second-order valence-electron chi connectivity index (χ2n) is 6.78. The van der Waals surface area contributed by atoms with E-state index in [2.05, 4.69) is 15.4 Å². The van der Waals surface area contributed by atoms with Crippen molar-refractivity contribution < 1.29 is 4.79 Å². The van der Waals surface area contributed by atoms with Crippen LogP contribution in [0.15, 0.2) is 59.4 Å². The number of amides is 1. The first-order valence-electron chi connectivity index (χ1n) is 9.00. The average Bonchev–Trinajstić information content (AvgIpc) is 3.11. The van der Waals surface area contributed by atoms with Crippen molar-refractivity contribution in [3.05, 3.63) is 81.2 Å². The number of anilines is 1. The van der Waals surface area contributed by atoms with Crippen molar-refractivity contribution in [2.24, 2.45) is 0 Å². The Morgan fingerprint density at radius 1 is 1.10 bits per heavy atom. The molecule has 0 radical (unpaired) electrons. The molecule has 0 spiro atoms.